The summed E-state index contributed by atoms with van der Waals surface area (Å²) < 4.78 is 22.4. The molecule has 0 unspecified atom stereocenters. The van der Waals surface area contributed by atoms with Gasteiger partial charge >= 0.3 is 0 Å². The van der Waals surface area contributed by atoms with Crippen molar-refractivity contribution in [3.8, 4) is 45.4 Å². The van der Waals surface area contributed by atoms with Gasteiger partial charge in [0, 0.05) is 68.1 Å². The SMILES string of the molecule is COC[C@@H]1C[C@H](OC)CN1Cc1ncc(-c2cccc(-c3cccc(-c4cnc(CCC[C@@H]5CCC(=O)N5)c(OC)n4)c3Cl)c2Cl)nc1OC. The Hall–Kier alpha value is -3.87. The maximum atomic E-state index is 11.5. The summed E-state index contributed by atoms with van der Waals surface area (Å²) in [6, 6.07) is 11.9. The second kappa shape index (κ2) is 16.4. The van der Waals surface area contributed by atoms with E-state index in [0.29, 0.717) is 70.3 Å². The monoisotopic (exact) mass is 720 g/mol. The Morgan fingerprint density at radius 2 is 1.46 bits per heavy atom. The first-order valence-corrected chi connectivity index (χ1v) is 17.5. The van der Waals surface area contributed by atoms with Crippen LogP contribution >= 0.6 is 23.2 Å². The zero-order valence-electron chi connectivity index (χ0n) is 28.7. The van der Waals surface area contributed by atoms with Crippen molar-refractivity contribution < 1.29 is 23.7 Å². The van der Waals surface area contributed by atoms with Gasteiger partial charge in [-0.15, -0.1) is 0 Å². The molecule has 13 heteroatoms. The fraction of sp³-hybridized carbons (Fsp3) is 0.432. The van der Waals surface area contributed by atoms with E-state index < -0.39 is 0 Å². The van der Waals surface area contributed by atoms with E-state index in [0.717, 1.165) is 54.7 Å². The number of hydrogen-bond donors (Lipinski definition) is 1. The first kappa shape index (κ1) is 35.9. The number of nitrogens with one attached hydrogen (secondary N) is 1. The molecule has 2 aromatic heterocycles. The number of ether oxygens (including phenoxy) is 4. The summed E-state index contributed by atoms with van der Waals surface area (Å²) in [5.41, 5.74) is 5.53. The second-order valence-corrected chi connectivity index (χ2v) is 13.3. The fourth-order valence-corrected chi connectivity index (χ4v) is 7.46. The number of amides is 1. The molecule has 6 rings (SSSR count). The fourth-order valence-electron chi connectivity index (χ4n) is 6.81. The van der Waals surface area contributed by atoms with Gasteiger partial charge in [-0.3, -0.25) is 19.7 Å². The molecule has 3 atom stereocenters. The van der Waals surface area contributed by atoms with E-state index in [1.807, 2.05) is 36.4 Å². The lowest BCUT2D eigenvalue weighted by Crippen LogP contribution is -2.33. The molecule has 11 nitrogen and oxygen atoms in total. The lowest BCUT2D eigenvalue weighted by atomic mass is 9.98. The maximum Gasteiger partial charge on any atom is 0.237 e. The van der Waals surface area contributed by atoms with Gasteiger partial charge < -0.3 is 24.3 Å². The van der Waals surface area contributed by atoms with E-state index in [4.69, 9.17) is 62.1 Å². The molecule has 2 aliphatic rings. The minimum Gasteiger partial charge on any atom is -0.480 e. The number of benzene rings is 2. The molecular weight excluding hydrogens is 679 g/mol. The van der Waals surface area contributed by atoms with Crippen molar-refractivity contribution in [3.05, 3.63) is 70.2 Å². The van der Waals surface area contributed by atoms with E-state index in [9.17, 15) is 4.79 Å². The van der Waals surface area contributed by atoms with E-state index in [-0.39, 0.29) is 24.1 Å². The van der Waals surface area contributed by atoms with Crippen LogP contribution in [0.15, 0.2) is 48.8 Å². The normalized spacial score (nSPS) is 19.2. The number of hydrogen-bond acceptors (Lipinski definition) is 10. The van der Waals surface area contributed by atoms with Gasteiger partial charge in [-0.1, -0.05) is 59.6 Å². The van der Waals surface area contributed by atoms with Crippen LogP contribution in [0.25, 0.3) is 33.6 Å². The molecule has 50 heavy (non-hydrogen) atoms. The number of carbonyl (C=O) groups is 1. The molecule has 0 radical (unpaired) electrons. The second-order valence-electron chi connectivity index (χ2n) is 12.6. The van der Waals surface area contributed by atoms with Gasteiger partial charge in [-0.25, -0.2) is 9.97 Å². The molecule has 2 aromatic carbocycles. The number of aryl methyl sites for hydroxylation is 1. The summed E-state index contributed by atoms with van der Waals surface area (Å²) in [4.78, 5) is 32.9. The van der Waals surface area contributed by atoms with E-state index in [1.54, 1.807) is 40.8 Å². The minimum atomic E-state index is 0.123. The van der Waals surface area contributed by atoms with Gasteiger partial charge in [0.25, 0.3) is 0 Å². The Labute approximate surface area is 302 Å². The highest BCUT2D eigenvalue weighted by Gasteiger charge is 2.33. The summed E-state index contributed by atoms with van der Waals surface area (Å²) in [5.74, 6) is 1.01. The zero-order valence-corrected chi connectivity index (χ0v) is 30.3. The molecule has 2 aliphatic heterocycles. The number of aromatic nitrogens is 4. The van der Waals surface area contributed by atoms with Crippen LogP contribution in [0, 0.1) is 0 Å². The van der Waals surface area contributed by atoms with E-state index >= 15 is 0 Å². The molecule has 0 saturated carbocycles. The van der Waals surface area contributed by atoms with Crippen LogP contribution in [-0.2, 0) is 27.2 Å². The third kappa shape index (κ3) is 7.87. The average Bonchev–Trinajstić information content (AvgIpc) is 3.73. The van der Waals surface area contributed by atoms with Gasteiger partial charge in [0.15, 0.2) is 0 Å². The third-order valence-electron chi connectivity index (χ3n) is 9.44. The first-order valence-electron chi connectivity index (χ1n) is 16.8. The summed E-state index contributed by atoms with van der Waals surface area (Å²) in [5, 5.41) is 3.98. The van der Waals surface area contributed by atoms with Gasteiger partial charge in [-0.05, 0) is 32.1 Å². The van der Waals surface area contributed by atoms with Gasteiger partial charge in [0.2, 0.25) is 17.7 Å². The quantitative estimate of drug-likeness (QED) is 0.156. The Morgan fingerprint density at radius 3 is 2.02 bits per heavy atom. The van der Waals surface area contributed by atoms with Crippen molar-refractivity contribution in [2.75, 3.05) is 41.6 Å². The number of nitrogens with zero attached hydrogens (tertiary/aromatic N) is 5. The number of rotatable bonds is 14. The lowest BCUT2D eigenvalue weighted by molar-refractivity contribution is -0.119. The molecule has 2 saturated heterocycles. The van der Waals surface area contributed by atoms with Crippen molar-refractivity contribution in [1.82, 2.24) is 30.2 Å². The number of carbonyl (C=O) groups excluding carboxylic acids is 1. The van der Waals surface area contributed by atoms with Crippen molar-refractivity contribution in [3.63, 3.8) is 0 Å². The van der Waals surface area contributed by atoms with Crippen LogP contribution in [-0.4, -0.2) is 90.5 Å². The molecule has 1 amide bonds. The average molecular weight is 722 g/mol. The highest BCUT2D eigenvalue weighted by Crippen LogP contribution is 2.42. The molecular formula is C37H42Cl2N6O5. The molecule has 4 heterocycles. The van der Waals surface area contributed by atoms with Crippen LogP contribution < -0.4 is 14.8 Å². The molecule has 4 aromatic rings. The Balaban J connectivity index is 1.23. The lowest BCUT2D eigenvalue weighted by Gasteiger charge is -2.23. The van der Waals surface area contributed by atoms with Crippen LogP contribution in [0.1, 0.15) is 43.5 Å². The molecule has 0 aliphatic carbocycles. The van der Waals surface area contributed by atoms with E-state index in [2.05, 4.69) is 10.2 Å². The van der Waals surface area contributed by atoms with Gasteiger partial charge in [-0.2, -0.15) is 0 Å². The summed E-state index contributed by atoms with van der Waals surface area (Å²) in [7, 11) is 6.63. The van der Waals surface area contributed by atoms with Crippen LogP contribution in [0.3, 0.4) is 0 Å². The number of methoxy groups -OCH3 is 4. The molecule has 0 spiro atoms. The van der Waals surface area contributed by atoms with Crippen molar-refractivity contribution >= 4 is 29.1 Å². The summed E-state index contributed by atoms with van der Waals surface area (Å²) >= 11 is 14.2. The summed E-state index contributed by atoms with van der Waals surface area (Å²) in [6.07, 6.45) is 8.38. The molecule has 1 N–H and O–H groups in total. The number of likely N-dealkylation sites (tertiary alicyclic amines) is 1. The standard InChI is InChI=1S/C37H42Cl2N6O5/c1-47-21-23-16-24(48-2)19-45(23)20-32-37(50-4)44-31(18-41-32)28-12-7-10-26(35(28)39)25-9-6-11-27(34(25)38)30-17-40-29(36(43-30)49-3)13-5-8-22-14-15-33(46)42-22/h6-7,9-12,17-18,22-24H,5,8,13-16,19-21H2,1-4H3,(H,42,46)/t22-,23+,24+/m1/s1. The highest BCUT2D eigenvalue weighted by molar-refractivity contribution is 6.39. The highest BCUT2D eigenvalue weighted by atomic mass is 35.5. The van der Waals surface area contributed by atoms with Crippen molar-refractivity contribution in [2.45, 2.75) is 63.3 Å². The van der Waals surface area contributed by atoms with Crippen LogP contribution in [0.2, 0.25) is 10.0 Å². The molecule has 2 fully saturated rings. The predicted octanol–water partition coefficient (Wildman–Crippen LogP) is 6.43. The maximum absolute atomic E-state index is 11.5. The van der Waals surface area contributed by atoms with Crippen molar-refractivity contribution in [1.29, 1.82) is 0 Å². The zero-order chi connectivity index (χ0) is 35.2. The van der Waals surface area contributed by atoms with Gasteiger partial charge in [0.05, 0.1) is 60.8 Å². The third-order valence-corrected chi connectivity index (χ3v) is 10.2. The molecule has 0 bridgehead atoms. The van der Waals surface area contributed by atoms with Gasteiger partial charge in [0.1, 0.15) is 11.4 Å². The van der Waals surface area contributed by atoms with Crippen molar-refractivity contribution in [2.24, 2.45) is 0 Å². The Bertz CT molecular complexity index is 1830. The topological polar surface area (TPSA) is 121 Å². The predicted molar refractivity (Wildman–Crippen MR) is 193 cm³/mol. The summed E-state index contributed by atoms with van der Waals surface area (Å²) in [6.45, 7) is 1.93. The number of halogens is 2. The van der Waals surface area contributed by atoms with Crippen LogP contribution in [0.4, 0.5) is 0 Å². The molecule has 264 valence electrons. The minimum absolute atomic E-state index is 0.123. The van der Waals surface area contributed by atoms with Crippen LogP contribution in [0.5, 0.6) is 11.8 Å². The van der Waals surface area contributed by atoms with E-state index in [1.165, 1.54) is 0 Å². The smallest absolute Gasteiger partial charge is 0.237 e. The first-order chi connectivity index (χ1) is 24.3. The Morgan fingerprint density at radius 1 is 0.860 bits per heavy atom. The Kier molecular flexibility index (Phi) is 11.8. The largest absolute Gasteiger partial charge is 0.480 e.